The van der Waals surface area contributed by atoms with E-state index >= 15 is 0 Å². The average molecular weight is 246 g/mol. The van der Waals surface area contributed by atoms with E-state index in [2.05, 4.69) is 10.2 Å². The van der Waals surface area contributed by atoms with Crippen molar-refractivity contribution in [3.8, 4) is 0 Å². The van der Waals surface area contributed by atoms with Gasteiger partial charge in [-0.2, -0.15) is 0 Å². The quantitative estimate of drug-likeness (QED) is 0.751. The van der Waals surface area contributed by atoms with Crippen molar-refractivity contribution in [2.75, 3.05) is 37.7 Å². The largest absolute Gasteiger partial charge is 0.317 e. The van der Waals surface area contributed by atoms with E-state index in [-0.39, 0.29) is 6.04 Å². The zero-order valence-corrected chi connectivity index (χ0v) is 10.8. The van der Waals surface area contributed by atoms with Crippen LogP contribution < -0.4 is 5.32 Å². The van der Waals surface area contributed by atoms with Crippen LogP contribution in [0, 0.1) is 5.92 Å². The van der Waals surface area contributed by atoms with Gasteiger partial charge in [0.2, 0.25) is 0 Å². The monoisotopic (exact) mass is 246 g/mol. The Bertz CT molecular complexity index is 323. The number of hydrogen-bond acceptors (Lipinski definition) is 4. The van der Waals surface area contributed by atoms with E-state index in [9.17, 15) is 8.42 Å². The molecule has 2 aliphatic rings. The number of nitrogens with one attached hydrogen (secondary N) is 1. The van der Waals surface area contributed by atoms with E-state index < -0.39 is 9.84 Å². The van der Waals surface area contributed by atoms with Crippen LogP contribution in [0.1, 0.15) is 19.8 Å². The van der Waals surface area contributed by atoms with Crippen molar-refractivity contribution in [1.29, 1.82) is 0 Å². The first-order chi connectivity index (χ1) is 7.57. The topological polar surface area (TPSA) is 49.4 Å². The lowest BCUT2D eigenvalue weighted by Crippen LogP contribution is -2.49. The van der Waals surface area contributed by atoms with E-state index in [0.717, 1.165) is 32.1 Å². The van der Waals surface area contributed by atoms with E-state index in [1.807, 2.05) is 6.92 Å². The summed E-state index contributed by atoms with van der Waals surface area (Å²) in [6.07, 6.45) is 2.46. The summed E-state index contributed by atoms with van der Waals surface area (Å²) in [4.78, 5) is 2.36. The molecule has 0 spiro atoms. The smallest absolute Gasteiger partial charge is 0.153 e. The van der Waals surface area contributed by atoms with Gasteiger partial charge in [0.15, 0.2) is 9.84 Å². The van der Waals surface area contributed by atoms with Crippen molar-refractivity contribution in [2.45, 2.75) is 25.8 Å². The minimum absolute atomic E-state index is 0.202. The third-order valence-electron chi connectivity index (χ3n) is 3.76. The SMILES string of the molecule is CC1CS(=O)(=O)CCN1CC1CCNCC1. The molecule has 0 radical (unpaired) electrons. The molecule has 0 saturated carbocycles. The summed E-state index contributed by atoms with van der Waals surface area (Å²) >= 11 is 0. The number of sulfone groups is 1. The van der Waals surface area contributed by atoms with Gasteiger partial charge in [-0.25, -0.2) is 8.42 Å². The molecule has 0 aliphatic carbocycles. The molecular formula is C11H22N2O2S. The predicted octanol–water partition coefficient (Wildman–Crippen LogP) is 0.105. The molecule has 0 aromatic carbocycles. The van der Waals surface area contributed by atoms with Gasteiger partial charge < -0.3 is 5.32 Å². The normalized spacial score (nSPS) is 32.7. The second-order valence-electron chi connectivity index (χ2n) is 5.15. The van der Waals surface area contributed by atoms with Crippen LogP contribution in [0.4, 0.5) is 0 Å². The average Bonchev–Trinajstić information content (AvgIpc) is 2.23. The molecule has 2 fully saturated rings. The second-order valence-corrected chi connectivity index (χ2v) is 7.38. The summed E-state index contributed by atoms with van der Waals surface area (Å²) in [5.74, 6) is 1.45. The molecule has 1 N–H and O–H groups in total. The van der Waals surface area contributed by atoms with Gasteiger partial charge in [0, 0.05) is 19.1 Å². The Balaban J connectivity index is 1.86. The highest BCUT2D eigenvalue weighted by Crippen LogP contribution is 2.18. The van der Waals surface area contributed by atoms with Gasteiger partial charge in [-0.3, -0.25) is 4.90 Å². The summed E-state index contributed by atoms with van der Waals surface area (Å²) < 4.78 is 22.9. The summed E-state index contributed by atoms with van der Waals surface area (Å²) in [5.41, 5.74) is 0. The lowest BCUT2D eigenvalue weighted by molar-refractivity contribution is 0.173. The lowest BCUT2D eigenvalue weighted by atomic mass is 9.97. The van der Waals surface area contributed by atoms with Crippen molar-refractivity contribution in [3.05, 3.63) is 0 Å². The van der Waals surface area contributed by atoms with Crippen LogP contribution in [0.2, 0.25) is 0 Å². The molecule has 2 saturated heterocycles. The van der Waals surface area contributed by atoms with Crippen LogP contribution in [-0.2, 0) is 9.84 Å². The molecule has 0 aromatic rings. The summed E-state index contributed by atoms with van der Waals surface area (Å²) in [5, 5.41) is 3.36. The van der Waals surface area contributed by atoms with Crippen LogP contribution in [0.3, 0.4) is 0 Å². The molecule has 4 nitrogen and oxygen atoms in total. The first kappa shape index (κ1) is 12.3. The van der Waals surface area contributed by atoms with Gasteiger partial charge in [-0.15, -0.1) is 0 Å². The van der Waals surface area contributed by atoms with E-state index in [0.29, 0.717) is 11.5 Å². The Morgan fingerprint density at radius 2 is 2.00 bits per heavy atom. The first-order valence-electron chi connectivity index (χ1n) is 6.22. The number of nitrogens with zero attached hydrogens (tertiary/aromatic N) is 1. The van der Waals surface area contributed by atoms with Crippen LogP contribution in [0.5, 0.6) is 0 Å². The fraction of sp³-hybridized carbons (Fsp3) is 1.00. The van der Waals surface area contributed by atoms with Crippen LogP contribution in [0.25, 0.3) is 0 Å². The fourth-order valence-corrected chi connectivity index (χ4v) is 4.33. The van der Waals surface area contributed by atoms with E-state index in [1.165, 1.54) is 12.8 Å². The minimum Gasteiger partial charge on any atom is -0.317 e. The third-order valence-corrected chi connectivity index (χ3v) is 5.55. The van der Waals surface area contributed by atoms with Crippen molar-refractivity contribution in [2.24, 2.45) is 5.92 Å². The molecule has 1 atom stereocenters. The Labute approximate surface area is 98.3 Å². The maximum absolute atomic E-state index is 11.5. The van der Waals surface area contributed by atoms with Gasteiger partial charge in [0.1, 0.15) is 0 Å². The number of rotatable bonds is 2. The summed E-state index contributed by atoms with van der Waals surface area (Å²) in [7, 11) is -2.76. The standard InChI is InChI=1S/C11H22N2O2S/c1-10-9-16(14,15)7-6-13(10)8-11-2-4-12-5-3-11/h10-12H,2-9H2,1H3. The Morgan fingerprint density at radius 1 is 1.31 bits per heavy atom. The van der Waals surface area contributed by atoms with Gasteiger partial charge in [0.05, 0.1) is 11.5 Å². The van der Waals surface area contributed by atoms with Crippen molar-refractivity contribution < 1.29 is 8.42 Å². The molecule has 2 heterocycles. The third kappa shape index (κ3) is 3.18. The zero-order chi connectivity index (χ0) is 11.6. The molecular weight excluding hydrogens is 224 g/mol. The second kappa shape index (κ2) is 5.02. The highest BCUT2D eigenvalue weighted by Gasteiger charge is 2.29. The van der Waals surface area contributed by atoms with Crippen LogP contribution >= 0.6 is 0 Å². The Morgan fingerprint density at radius 3 is 2.62 bits per heavy atom. The predicted molar refractivity (Wildman–Crippen MR) is 65.3 cm³/mol. The van der Waals surface area contributed by atoms with Gasteiger partial charge >= 0.3 is 0 Å². The summed E-state index contributed by atoms with van der Waals surface area (Å²) in [6.45, 7) is 6.08. The fourth-order valence-electron chi connectivity index (χ4n) is 2.70. The maximum Gasteiger partial charge on any atom is 0.153 e. The molecule has 0 amide bonds. The number of hydrogen-bond donors (Lipinski definition) is 1. The first-order valence-corrected chi connectivity index (χ1v) is 8.04. The maximum atomic E-state index is 11.5. The van der Waals surface area contributed by atoms with Crippen LogP contribution in [0.15, 0.2) is 0 Å². The zero-order valence-electron chi connectivity index (χ0n) is 9.98. The molecule has 94 valence electrons. The highest BCUT2D eigenvalue weighted by molar-refractivity contribution is 7.91. The molecule has 5 heteroatoms. The Kier molecular flexibility index (Phi) is 3.87. The molecule has 0 bridgehead atoms. The molecule has 2 rings (SSSR count). The molecule has 2 aliphatic heterocycles. The molecule has 16 heavy (non-hydrogen) atoms. The van der Waals surface area contributed by atoms with Crippen molar-refractivity contribution in [1.82, 2.24) is 10.2 Å². The van der Waals surface area contributed by atoms with Gasteiger partial charge in [-0.1, -0.05) is 0 Å². The summed E-state index contributed by atoms with van der Waals surface area (Å²) in [6, 6.07) is 0.202. The van der Waals surface area contributed by atoms with Crippen molar-refractivity contribution in [3.63, 3.8) is 0 Å². The lowest BCUT2D eigenvalue weighted by Gasteiger charge is -2.36. The van der Waals surface area contributed by atoms with Crippen molar-refractivity contribution >= 4 is 9.84 Å². The Hall–Kier alpha value is -0.130. The van der Waals surface area contributed by atoms with E-state index in [4.69, 9.17) is 0 Å². The van der Waals surface area contributed by atoms with Crippen LogP contribution in [-0.4, -0.2) is 57.0 Å². The highest BCUT2D eigenvalue weighted by atomic mass is 32.2. The molecule has 0 aromatic heterocycles. The van der Waals surface area contributed by atoms with Gasteiger partial charge in [-0.05, 0) is 38.8 Å². The molecule has 1 unspecified atom stereocenters. The minimum atomic E-state index is -2.76. The van der Waals surface area contributed by atoms with E-state index in [1.54, 1.807) is 0 Å². The van der Waals surface area contributed by atoms with Gasteiger partial charge in [0.25, 0.3) is 0 Å². The number of piperidine rings is 1.